The number of aromatic nitrogens is 1. The average molecular weight is 377 g/mol. The molecule has 0 saturated carbocycles. The fourth-order valence-electron chi connectivity index (χ4n) is 3.06. The summed E-state index contributed by atoms with van der Waals surface area (Å²) >= 11 is 1.40. The monoisotopic (exact) mass is 377 g/mol. The van der Waals surface area contributed by atoms with Gasteiger partial charge in [-0.3, -0.25) is 14.9 Å². The number of anilines is 2. The minimum absolute atomic E-state index is 0.0558. The fourth-order valence-corrected chi connectivity index (χ4v) is 3.77. The topological polar surface area (TPSA) is 71.1 Å². The normalized spacial score (nSPS) is 13.0. The van der Waals surface area contributed by atoms with Crippen LogP contribution in [-0.4, -0.2) is 16.8 Å². The Kier molecular flexibility index (Phi) is 4.49. The number of nitrogens with one attached hydrogen (secondary N) is 2. The first kappa shape index (κ1) is 17.4. The minimum Gasteiger partial charge on any atom is -0.326 e. The first-order chi connectivity index (χ1) is 13.0. The van der Waals surface area contributed by atoms with Crippen LogP contribution >= 0.6 is 11.3 Å². The lowest BCUT2D eigenvalue weighted by Crippen LogP contribution is -2.18. The molecule has 0 radical (unpaired) electrons. The molecule has 0 fully saturated rings. The molecule has 1 aliphatic rings. The summed E-state index contributed by atoms with van der Waals surface area (Å²) < 4.78 is 0. The highest BCUT2D eigenvalue weighted by molar-refractivity contribution is 7.14. The van der Waals surface area contributed by atoms with Crippen LogP contribution in [-0.2, 0) is 11.2 Å². The summed E-state index contributed by atoms with van der Waals surface area (Å²) in [4.78, 5) is 28.5. The smallest absolute Gasteiger partial charge is 0.257 e. The van der Waals surface area contributed by atoms with Gasteiger partial charge in [0.15, 0.2) is 5.13 Å². The van der Waals surface area contributed by atoms with Gasteiger partial charge in [0.25, 0.3) is 5.91 Å². The Balaban J connectivity index is 1.52. The predicted octanol–water partition coefficient (Wildman–Crippen LogP) is 4.56. The number of nitrogens with zero attached hydrogens (tertiary/aromatic N) is 1. The van der Waals surface area contributed by atoms with E-state index in [2.05, 4.69) is 21.7 Å². The van der Waals surface area contributed by atoms with E-state index < -0.39 is 0 Å². The van der Waals surface area contributed by atoms with Crippen molar-refractivity contribution in [3.05, 3.63) is 64.0 Å². The number of hydrogen-bond donors (Lipinski definition) is 2. The van der Waals surface area contributed by atoms with Crippen LogP contribution in [0.4, 0.5) is 10.8 Å². The molecule has 136 valence electrons. The van der Waals surface area contributed by atoms with Gasteiger partial charge in [-0.1, -0.05) is 12.1 Å². The quantitative estimate of drug-likeness (QED) is 0.703. The van der Waals surface area contributed by atoms with Gasteiger partial charge in [0.1, 0.15) is 0 Å². The molecule has 2 amide bonds. The van der Waals surface area contributed by atoms with Crippen molar-refractivity contribution < 1.29 is 9.59 Å². The van der Waals surface area contributed by atoms with Gasteiger partial charge >= 0.3 is 0 Å². The summed E-state index contributed by atoms with van der Waals surface area (Å²) in [7, 11) is 0. The number of hydrogen-bond acceptors (Lipinski definition) is 4. The maximum Gasteiger partial charge on any atom is 0.257 e. The van der Waals surface area contributed by atoms with Crippen molar-refractivity contribution in [2.45, 2.75) is 26.7 Å². The van der Waals surface area contributed by atoms with Crippen molar-refractivity contribution >= 4 is 34.0 Å². The Labute approximate surface area is 161 Å². The third-order valence-corrected chi connectivity index (χ3v) is 5.55. The van der Waals surface area contributed by atoms with E-state index in [1.165, 1.54) is 11.3 Å². The van der Waals surface area contributed by atoms with E-state index in [9.17, 15) is 9.59 Å². The maximum atomic E-state index is 12.5. The Hall–Kier alpha value is -2.99. The fraction of sp³-hybridized carbons (Fsp3) is 0.190. The molecule has 0 unspecified atom stereocenters. The van der Waals surface area contributed by atoms with Gasteiger partial charge in [-0.15, -0.1) is 11.3 Å². The van der Waals surface area contributed by atoms with Crippen LogP contribution in [0.15, 0.2) is 41.8 Å². The zero-order valence-electron chi connectivity index (χ0n) is 15.1. The SMILES string of the molecule is Cc1ccc(C(=O)Nc2nc(-c3ccc4c(c3)CCC(=O)N4)cs2)cc1C. The van der Waals surface area contributed by atoms with Gasteiger partial charge in [0, 0.05) is 28.6 Å². The predicted molar refractivity (Wildman–Crippen MR) is 108 cm³/mol. The van der Waals surface area contributed by atoms with Gasteiger partial charge in [-0.25, -0.2) is 4.98 Å². The summed E-state index contributed by atoms with van der Waals surface area (Å²) in [5.41, 5.74) is 6.65. The lowest BCUT2D eigenvalue weighted by Gasteiger charge is -2.17. The largest absolute Gasteiger partial charge is 0.326 e. The van der Waals surface area contributed by atoms with E-state index >= 15 is 0 Å². The Morgan fingerprint density at radius 3 is 2.78 bits per heavy atom. The number of fused-ring (bicyclic) bond motifs is 1. The molecule has 1 aliphatic heterocycles. The van der Waals surface area contributed by atoms with Crippen LogP contribution in [0.1, 0.15) is 33.5 Å². The van der Waals surface area contributed by atoms with Crippen LogP contribution in [0.3, 0.4) is 0 Å². The molecule has 1 aromatic heterocycles. The van der Waals surface area contributed by atoms with Crippen molar-refractivity contribution in [1.82, 2.24) is 4.98 Å². The zero-order chi connectivity index (χ0) is 19.0. The van der Waals surface area contributed by atoms with E-state index in [-0.39, 0.29) is 11.8 Å². The molecule has 5 nitrogen and oxygen atoms in total. The molecular formula is C21H19N3O2S. The summed E-state index contributed by atoms with van der Waals surface area (Å²) in [6.07, 6.45) is 1.24. The molecule has 0 bridgehead atoms. The molecule has 0 atom stereocenters. The minimum atomic E-state index is -0.160. The summed E-state index contributed by atoms with van der Waals surface area (Å²) in [6.45, 7) is 4.01. The standard InChI is InChI=1S/C21H19N3O2S/c1-12-3-4-16(9-13(12)2)20(26)24-21-23-18(11-27-21)15-5-7-17-14(10-15)6-8-19(25)22-17/h3-5,7,9-11H,6,8H2,1-2H3,(H,22,25)(H,23,24,26). The van der Waals surface area contributed by atoms with Crippen molar-refractivity contribution in [2.24, 2.45) is 0 Å². The molecular weight excluding hydrogens is 358 g/mol. The van der Waals surface area contributed by atoms with E-state index in [1.54, 1.807) is 0 Å². The zero-order valence-corrected chi connectivity index (χ0v) is 15.9. The molecule has 2 N–H and O–H groups in total. The highest BCUT2D eigenvalue weighted by atomic mass is 32.1. The van der Waals surface area contributed by atoms with E-state index in [4.69, 9.17) is 0 Å². The lowest BCUT2D eigenvalue weighted by molar-refractivity contribution is -0.116. The molecule has 6 heteroatoms. The van der Waals surface area contributed by atoms with Crippen LogP contribution in [0.5, 0.6) is 0 Å². The summed E-state index contributed by atoms with van der Waals surface area (Å²) in [5, 5.41) is 8.26. The van der Waals surface area contributed by atoms with Gasteiger partial charge < -0.3 is 5.32 Å². The molecule has 0 aliphatic carbocycles. The first-order valence-electron chi connectivity index (χ1n) is 8.77. The van der Waals surface area contributed by atoms with Crippen LogP contribution in [0.25, 0.3) is 11.3 Å². The molecule has 2 heterocycles. The summed E-state index contributed by atoms with van der Waals surface area (Å²) in [6, 6.07) is 11.6. The third-order valence-electron chi connectivity index (χ3n) is 4.79. The van der Waals surface area contributed by atoms with Gasteiger partial charge in [0.05, 0.1) is 5.69 Å². The van der Waals surface area contributed by atoms with Gasteiger partial charge in [0.2, 0.25) is 5.91 Å². The van der Waals surface area contributed by atoms with Crippen LogP contribution in [0.2, 0.25) is 0 Å². The van der Waals surface area contributed by atoms with Crippen molar-refractivity contribution in [3.63, 3.8) is 0 Å². The number of carbonyl (C=O) groups excluding carboxylic acids is 2. The maximum absolute atomic E-state index is 12.5. The van der Waals surface area contributed by atoms with Crippen LogP contribution in [0, 0.1) is 13.8 Å². The highest BCUT2D eigenvalue weighted by Gasteiger charge is 2.16. The number of aryl methyl sites for hydroxylation is 3. The first-order valence-corrected chi connectivity index (χ1v) is 9.65. The van der Waals surface area contributed by atoms with E-state index in [0.717, 1.165) is 40.1 Å². The van der Waals surface area contributed by atoms with Crippen molar-refractivity contribution in [1.29, 1.82) is 0 Å². The second-order valence-electron chi connectivity index (χ2n) is 6.71. The second kappa shape index (κ2) is 6.96. The molecule has 2 aromatic carbocycles. The Morgan fingerprint density at radius 2 is 1.96 bits per heavy atom. The summed E-state index contributed by atoms with van der Waals surface area (Å²) in [5.74, 6) is -0.104. The van der Waals surface area contributed by atoms with Crippen LogP contribution < -0.4 is 10.6 Å². The average Bonchev–Trinajstić information content (AvgIpc) is 3.12. The van der Waals surface area contributed by atoms with Gasteiger partial charge in [-0.05, 0) is 61.2 Å². The van der Waals surface area contributed by atoms with E-state index in [1.807, 2.05) is 49.6 Å². The third kappa shape index (κ3) is 3.61. The Morgan fingerprint density at radius 1 is 1.11 bits per heavy atom. The second-order valence-corrected chi connectivity index (χ2v) is 7.57. The molecule has 4 rings (SSSR count). The van der Waals surface area contributed by atoms with Crippen molar-refractivity contribution in [3.8, 4) is 11.3 Å². The number of benzene rings is 2. The number of amides is 2. The number of carbonyl (C=O) groups is 2. The molecule has 0 saturated heterocycles. The number of rotatable bonds is 3. The molecule has 27 heavy (non-hydrogen) atoms. The molecule has 0 spiro atoms. The highest BCUT2D eigenvalue weighted by Crippen LogP contribution is 2.30. The molecule has 3 aromatic rings. The number of thiazole rings is 1. The Bertz CT molecular complexity index is 1060. The van der Waals surface area contributed by atoms with Gasteiger partial charge in [-0.2, -0.15) is 0 Å². The van der Waals surface area contributed by atoms with E-state index in [0.29, 0.717) is 17.1 Å². The van der Waals surface area contributed by atoms with Crippen molar-refractivity contribution in [2.75, 3.05) is 10.6 Å². The lowest BCUT2D eigenvalue weighted by atomic mass is 9.99.